The van der Waals surface area contributed by atoms with Crippen molar-refractivity contribution in [3.05, 3.63) is 68.1 Å². The zero-order chi connectivity index (χ0) is 13.8. The molecular weight excluding hydrogens is 347 g/mol. The molecule has 0 aliphatic rings. The average Bonchev–Trinajstić information content (AvgIpc) is 2.33. The Bertz CT molecular complexity index is 572. The van der Waals surface area contributed by atoms with Crippen molar-refractivity contribution >= 4 is 39.1 Å². The van der Waals surface area contributed by atoms with Crippen molar-refractivity contribution in [2.45, 2.75) is 18.9 Å². The molecule has 2 aromatic carbocycles. The van der Waals surface area contributed by atoms with Gasteiger partial charge in [-0.25, -0.2) is 0 Å². The molecule has 4 heteroatoms. The molecule has 0 amide bonds. The van der Waals surface area contributed by atoms with Crippen LogP contribution in [0, 0.1) is 0 Å². The summed E-state index contributed by atoms with van der Waals surface area (Å²) >= 11 is 15.4. The van der Waals surface area contributed by atoms with E-state index in [0.29, 0.717) is 22.9 Å². The highest BCUT2D eigenvalue weighted by Crippen LogP contribution is 2.23. The summed E-state index contributed by atoms with van der Waals surface area (Å²) in [6, 6.07) is 13.3. The number of benzene rings is 2. The number of aliphatic hydroxyl groups excluding tert-OH is 1. The van der Waals surface area contributed by atoms with E-state index in [1.165, 1.54) is 0 Å². The molecule has 2 rings (SSSR count). The Kier molecular flexibility index (Phi) is 5.28. The summed E-state index contributed by atoms with van der Waals surface area (Å²) in [5.74, 6) is 0. The van der Waals surface area contributed by atoms with Gasteiger partial charge in [0.25, 0.3) is 0 Å². The lowest BCUT2D eigenvalue weighted by atomic mass is 10.0. The SMILES string of the molecule is OC(Cc1cccc(Br)c1)Cc1ccc(Cl)cc1Cl. The van der Waals surface area contributed by atoms with Crippen LogP contribution < -0.4 is 0 Å². The van der Waals surface area contributed by atoms with Gasteiger partial charge in [0, 0.05) is 20.9 Å². The third kappa shape index (κ3) is 4.50. The van der Waals surface area contributed by atoms with Gasteiger partial charge in [0.05, 0.1) is 6.10 Å². The fourth-order valence-electron chi connectivity index (χ4n) is 1.95. The van der Waals surface area contributed by atoms with E-state index < -0.39 is 6.10 Å². The zero-order valence-corrected chi connectivity index (χ0v) is 13.2. The van der Waals surface area contributed by atoms with Crippen molar-refractivity contribution in [1.82, 2.24) is 0 Å². The highest BCUT2D eigenvalue weighted by molar-refractivity contribution is 9.10. The lowest BCUT2D eigenvalue weighted by Crippen LogP contribution is -2.14. The molecule has 1 unspecified atom stereocenters. The van der Waals surface area contributed by atoms with Gasteiger partial charge in [0.2, 0.25) is 0 Å². The lowest BCUT2D eigenvalue weighted by molar-refractivity contribution is 0.175. The first-order chi connectivity index (χ1) is 9.04. The second kappa shape index (κ2) is 6.76. The van der Waals surface area contributed by atoms with Crippen LogP contribution in [0.4, 0.5) is 0 Å². The Morgan fingerprint density at radius 3 is 2.53 bits per heavy atom. The molecule has 0 saturated heterocycles. The largest absolute Gasteiger partial charge is 0.392 e. The van der Waals surface area contributed by atoms with Gasteiger partial charge in [-0.2, -0.15) is 0 Å². The van der Waals surface area contributed by atoms with Gasteiger partial charge in [0.1, 0.15) is 0 Å². The summed E-state index contributed by atoms with van der Waals surface area (Å²) in [6.07, 6.45) is 0.647. The van der Waals surface area contributed by atoms with E-state index in [2.05, 4.69) is 15.9 Å². The maximum atomic E-state index is 10.1. The van der Waals surface area contributed by atoms with Crippen molar-refractivity contribution < 1.29 is 5.11 Å². The van der Waals surface area contributed by atoms with Gasteiger partial charge in [-0.3, -0.25) is 0 Å². The lowest BCUT2D eigenvalue weighted by Gasteiger charge is -2.12. The first-order valence-electron chi connectivity index (χ1n) is 5.91. The molecule has 1 N–H and O–H groups in total. The van der Waals surface area contributed by atoms with E-state index in [1.54, 1.807) is 12.1 Å². The Morgan fingerprint density at radius 1 is 1.05 bits per heavy atom. The summed E-state index contributed by atoms with van der Waals surface area (Å²) in [7, 11) is 0. The van der Waals surface area contributed by atoms with Crippen LogP contribution in [0.3, 0.4) is 0 Å². The molecule has 0 aromatic heterocycles. The van der Waals surface area contributed by atoms with Crippen LogP contribution in [-0.4, -0.2) is 11.2 Å². The Hall–Kier alpha value is -0.540. The third-order valence-electron chi connectivity index (χ3n) is 2.83. The molecule has 0 spiro atoms. The zero-order valence-electron chi connectivity index (χ0n) is 10.1. The quantitative estimate of drug-likeness (QED) is 0.822. The minimum absolute atomic E-state index is 0.465. The third-order valence-corrected chi connectivity index (χ3v) is 3.91. The molecule has 0 bridgehead atoms. The van der Waals surface area contributed by atoms with Gasteiger partial charge < -0.3 is 5.11 Å². The topological polar surface area (TPSA) is 20.2 Å². The molecule has 100 valence electrons. The monoisotopic (exact) mass is 358 g/mol. The molecular formula is C15H13BrCl2O. The van der Waals surface area contributed by atoms with Crippen LogP contribution in [0.25, 0.3) is 0 Å². The van der Waals surface area contributed by atoms with Crippen LogP contribution in [0.15, 0.2) is 46.9 Å². The second-order valence-corrected chi connectivity index (χ2v) is 6.19. The van der Waals surface area contributed by atoms with Crippen molar-refractivity contribution in [2.75, 3.05) is 0 Å². The molecule has 0 radical (unpaired) electrons. The molecule has 0 fully saturated rings. The maximum absolute atomic E-state index is 10.1. The van der Waals surface area contributed by atoms with E-state index >= 15 is 0 Å². The van der Waals surface area contributed by atoms with Gasteiger partial charge in [-0.1, -0.05) is 57.3 Å². The van der Waals surface area contributed by atoms with Crippen LogP contribution in [0.1, 0.15) is 11.1 Å². The predicted molar refractivity (Wildman–Crippen MR) is 84.0 cm³/mol. The normalized spacial score (nSPS) is 12.4. The summed E-state index contributed by atoms with van der Waals surface area (Å²) < 4.78 is 1.02. The Balaban J connectivity index is 2.03. The molecule has 2 aromatic rings. The standard InChI is InChI=1S/C15H13BrCl2O/c16-12-3-1-2-10(6-12)7-14(19)8-11-4-5-13(17)9-15(11)18/h1-6,9,14,19H,7-8H2. The smallest absolute Gasteiger partial charge is 0.0621 e. The highest BCUT2D eigenvalue weighted by Gasteiger charge is 2.10. The summed E-state index contributed by atoms with van der Waals surface area (Å²) in [4.78, 5) is 0. The molecule has 0 heterocycles. The van der Waals surface area contributed by atoms with E-state index in [-0.39, 0.29) is 0 Å². The summed E-state index contributed by atoms with van der Waals surface area (Å²) in [5, 5.41) is 11.3. The van der Waals surface area contributed by atoms with Crippen LogP contribution in [-0.2, 0) is 12.8 Å². The minimum Gasteiger partial charge on any atom is -0.392 e. The Labute approximate surface area is 131 Å². The first-order valence-corrected chi connectivity index (χ1v) is 7.46. The minimum atomic E-state index is -0.465. The van der Waals surface area contributed by atoms with Gasteiger partial charge in [-0.05, 0) is 41.8 Å². The molecule has 1 nitrogen and oxygen atoms in total. The van der Waals surface area contributed by atoms with E-state index in [9.17, 15) is 5.11 Å². The van der Waals surface area contributed by atoms with E-state index in [0.717, 1.165) is 15.6 Å². The van der Waals surface area contributed by atoms with E-state index in [1.807, 2.05) is 30.3 Å². The summed E-state index contributed by atoms with van der Waals surface area (Å²) in [6.45, 7) is 0. The number of aliphatic hydroxyl groups is 1. The van der Waals surface area contributed by atoms with Gasteiger partial charge in [0.15, 0.2) is 0 Å². The van der Waals surface area contributed by atoms with E-state index in [4.69, 9.17) is 23.2 Å². The molecule has 0 aliphatic heterocycles. The van der Waals surface area contributed by atoms with Crippen molar-refractivity contribution in [3.63, 3.8) is 0 Å². The second-order valence-electron chi connectivity index (χ2n) is 4.43. The molecule has 0 saturated carbocycles. The number of halogens is 3. The Morgan fingerprint density at radius 2 is 1.84 bits per heavy atom. The predicted octanol–water partition coefficient (Wildman–Crippen LogP) is 4.90. The molecule has 0 aliphatic carbocycles. The fourth-order valence-corrected chi connectivity index (χ4v) is 2.88. The average molecular weight is 360 g/mol. The van der Waals surface area contributed by atoms with Gasteiger partial charge in [-0.15, -0.1) is 0 Å². The van der Waals surface area contributed by atoms with Crippen LogP contribution in [0.2, 0.25) is 10.0 Å². The van der Waals surface area contributed by atoms with Crippen LogP contribution in [0.5, 0.6) is 0 Å². The highest BCUT2D eigenvalue weighted by atomic mass is 79.9. The summed E-state index contributed by atoms with van der Waals surface area (Å²) in [5.41, 5.74) is 2.00. The van der Waals surface area contributed by atoms with Crippen molar-refractivity contribution in [3.8, 4) is 0 Å². The maximum Gasteiger partial charge on any atom is 0.0621 e. The first kappa shape index (κ1) is 14.9. The molecule has 19 heavy (non-hydrogen) atoms. The van der Waals surface area contributed by atoms with Crippen molar-refractivity contribution in [1.29, 1.82) is 0 Å². The number of hydrogen-bond donors (Lipinski definition) is 1. The fraction of sp³-hybridized carbons (Fsp3) is 0.200. The molecule has 1 atom stereocenters. The van der Waals surface area contributed by atoms with Crippen LogP contribution >= 0.6 is 39.1 Å². The van der Waals surface area contributed by atoms with Gasteiger partial charge >= 0.3 is 0 Å². The number of rotatable bonds is 4. The van der Waals surface area contributed by atoms with Crippen molar-refractivity contribution in [2.24, 2.45) is 0 Å². The number of hydrogen-bond acceptors (Lipinski definition) is 1.